The van der Waals surface area contributed by atoms with E-state index in [4.69, 9.17) is 0 Å². The van der Waals surface area contributed by atoms with Crippen molar-refractivity contribution < 1.29 is 22.8 Å². The summed E-state index contributed by atoms with van der Waals surface area (Å²) in [6.07, 6.45) is 0.560. The van der Waals surface area contributed by atoms with Crippen molar-refractivity contribution in [3.63, 3.8) is 0 Å². The van der Waals surface area contributed by atoms with Gasteiger partial charge in [0.2, 0.25) is 11.8 Å². The Morgan fingerprint density at radius 1 is 0.792 bits per heavy atom. The average Bonchev–Trinajstić information content (AvgIpc) is 3.58. The molecule has 2 amide bonds. The average molecular weight is 651 g/mol. The van der Waals surface area contributed by atoms with Crippen LogP contribution in [0, 0.1) is 0 Å². The molecule has 6 rings (SSSR count). The second kappa shape index (κ2) is 14.7. The number of amides is 2. The van der Waals surface area contributed by atoms with E-state index in [-0.39, 0.29) is 12.5 Å². The quantitative estimate of drug-likeness (QED) is 0.163. The Balaban J connectivity index is 1.28. The third kappa shape index (κ3) is 8.22. The third-order valence-corrected chi connectivity index (χ3v) is 8.78. The molecule has 5 aromatic rings. The predicted molar refractivity (Wildman–Crippen MR) is 182 cm³/mol. The largest absolute Gasteiger partial charge is 0.416 e. The first-order valence-corrected chi connectivity index (χ1v) is 16.0. The number of carbonyl (C=O) groups is 2. The van der Waals surface area contributed by atoms with Gasteiger partial charge in [0, 0.05) is 63.5 Å². The van der Waals surface area contributed by atoms with Gasteiger partial charge in [0.05, 0.1) is 5.56 Å². The summed E-state index contributed by atoms with van der Waals surface area (Å²) < 4.78 is 39.4. The smallest absolute Gasteiger partial charge is 0.361 e. The van der Waals surface area contributed by atoms with Crippen LogP contribution in [0.3, 0.4) is 0 Å². The molecular weight excluding hydrogens is 613 g/mol. The van der Waals surface area contributed by atoms with Gasteiger partial charge < -0.3 is 14.8 Å². The summed E-state index contributed by atoms with van der Waals surface area (Å²) in [6, 6.07) is 31.6. The molecule has 6 nitrogen and oxygen atoms in total. The molecule has 4 aromatic carbocycles. The van der Waals surface area contributed by atoms with Crippen LogP contribution in [-0.2, 0) is 35.3 Å². The minimum atomic E-state index is -4.45. The van der Waals surface area contributed by atoms with E-state index >= 15 is 0 Å². The molecular formula is C39H37F3N4O2. The van der Waals surface area contributed by atoms with Crippen LogP contribution in [0.2, 0.25) is 0 Å². The lowest BCUT2D eigenvalue weighted by Crippen LogP contribution is -2.56. The number of aromatic amines is 1. The van der Waals surface area contributed by atoms with E-state index in [1.807, 2.05) is 83.9 Å². The Morgan fingerprint density at radius 2 is 1.46 bits per heavy atom. The molecule has 9 heteroatoms. The molecule has 1 atom stereocenters. The molecule has 1 aliphatic heterocycles. The van der Waals surface area contributed by atoms with Crippen LogP contribution in [-0.4, -0.2) is 63.7 Å². The van der Waals surface area contributed by atoms with Crippen LogP contribution >= 0.6 is 0 Å². The lowest BCUT2D eigenvalue weighted by Gasteiger charge is -2.39. The molecule has 1 saturated heterocycles. The molecule has 246 valence electrons. The first-order chi connectivity index (χ1) is 23.2. The maximum Gasteiger partial charge on any atom is 0.416 e. The zero-order valence-corrected chi connectivity index (χ0v) is 26.4. The molecule has 1 fully saturated rings. The summed E-state index contributed by atoms with van der Waals surface area (Å²) in [6.45, 7) is 3.48. The third-order valence-electron chi connectivity index (χ3n) is 8.78. The summed E-state index contributed by atoms with van der Waals surface area (Å²) in [5, 5.41) is 0.987. The van der Waals surface area contributed by atoms with Crippen molar-refractivity contribution in [2.24, 2.45) is 0 Å². The summed E-state index contributed by atoms with van der Waals surface area (Å²) >= 11 is 0. The SMILES string of the molecule is O=C([C@H](Cc1ccccc1)N(Cc1ccc2[nH]ccc2c1)C(=O)/C=C/c1ccc(C(F)(F)F)cc1)N1CCN(Cc2ccccc2)CC1. The van der Waals surface area contributed by atoms with Crippen LogP contribution in [0.15, 0.2) is 121 Å². The lowest BCUT2D eigenvalue weighted by molar-refractivity contribution is -0.145. The molecule has 0 radical (unpaired) electrons. The highest BCUT2D eigenvalue weighted by Crippen LogP contribution is 2.29. The molecule has 0 spiro atoms. The van der Waals surface area contributed by atoms with Crippen LogP contribution in [0.4, 0.5) is 13.2 Å². The van der Waals surface area contributed by atoms with E-state index in [0.717, 1.165) is 40.7 Å². The van der Waals surface area contributed by atoms with Gasteiger partial charge in [-0.05, 0) is 64.0 Å². The number of halogens is 3. The van der Waals surface area contributed by atoms with Crippen molar-refractivity contribution in [3.8, 4) is 0 Å². The van der Waals surface area contributed by atoms with Gasteiger partial charge in [-0.2, -0.15) is 13.2 Å². The number of hydrogen-bond acceptors (Lipinski definition) is 3. The summed E-state index contributed by atoms with van der Waals surface area (Å²) in [5.74, 6) is -0.529. The number of aromatic nitrogens is 1. The van der Waals surface area contributed by atoms with Crippen molar-refractivity contribution in [1.29, 1.82) is 0 Å². The van der Waals surface area contributed by atoms with Gasteiger partial charge in [-0.1, -0.05) is 78.9 Å². The van der Waals surface area contributed by atoms with E-state index in [9.17, 15) is 22.8 Å². The fourth-order valence-corrected chi connectivity index (χ4v) is 6.13. The van der Waals surface area contributed by atoms with Gasteiger partial charge in [-0.3, -0.25) is 14.5 Å². The molecule has 0 bridgehead atoms. The molecule has 48 heavy (non-hydrogen) atoms. The summed E-state index contributed by atoms with van der Waals surface area (Å²) in [4.78, 5) is 37.5. The number of carbonyl (C=O) groups excluding carboxylic acids is 2. The highest BCUT2D eigenvalue weighted by atomic mass is 19.4. The zero-order valence-electron chi connectivity index (χ0n) is 26.4. The number of alkyl halides is 3. The second-order valence-corrected chi connectivity index (χ2v) is 12.1. The van der Waals surface area contributed by atoms with Crippen molar-refractivity contribution in [2.45, 2.75) is 31.7 Å². The van der Waals surface area contributed by atoms with Crippen molar-refractivity contribution in [1.82, 2.24) is 19.7 Å². The number of H-pyrrole nitrogens is 1. The van der Waals surface area contributed by atoms with Crippen LogP contribution in [0.5, 0.6) is 0 Å². The fourth-order valence-electron chi connectivity index (χ4n) is 6.13. The van der Waals surface area contributed by atoms with E-state index in [0.29, 0.717) is 38.2 Å². The van der Waals surface area contributed by atoms with Crippen LogP contribution < -0.4 is 0 Å². The number of piperazine rings is 1. The minimum absolute atomic E-state index is 0.128. The number of fused-ring (bicyclic) bond motifs is 1. The van der Waals surface area contributed by atoms with Crippen molar-refractivity contribution in [2.75, 3.05) is 26.2 Å². The fraction of sp³-hybridized carbons (Fsp3) is 0.231. The Bertz CT molecular complexity index is 1850. The predicted octanol–water partition coefficient (Wildman–Crippen LogP) is 7.18. The van der Waals surface area contributed by atoms with E-state index in [1.165, 1.54) is 29.8 Å². The molecule has 1 aromatic heterocycles. The zero-order chi connectivity index (χ0) is 33.5. The second-order valence-electron chi connectivity index (χ2n) is 12.1. The molecule has 0 aliphatic carbocycles. The first kappa shape index (κ1) is 32.8. The number of rotatable bonds is 10. The number of nitrogens with zero attached hydrogens (tertiary/aromatic N) is 3. The maximum atomic E-state index is 14.5. The molecule has 0 saturated carbocycles. The maximum absolute atomic E-state index is 14.5. The van der Waals surface area contributed by atoms with Gasteiger partial charge in [0.15, 0.2) is 0 Å². The lowest BCUT2D eigenvalue weighted by atomic mass is 10.0. The van der Waals surface area contributed by atoms with Gasteiger partial charge in [-0.15, -0.1) is 0 Å². The molecule has 1 N–H and O–H groups in total. The summed E-state index contributed by atoms with van der Waals surface area (Å²) in [5.41, 5.74) is 3.65. The number of nitrogens with one attached hydrogen (secondary N) is 1. The Kier molecular flexibility index (Phi) is 10.1. The molecule has 0 unspecified atom stereocenters. The normalized spacial score (nSPS) is 14.8. The monoisotopic (exact) mass is 650 g/mol. The number of hydrogen-bond donors (Lipinski definition) is 1. The standard InChI is InChI=1S/C39H37F3N4O2/c40-39(41,42)34-15-11-29(12-16-34)14-18-37(47)46(28-32-13-17-35-33(25-32)19-20-43-35)36(26-30-7-3-1-4-8-30)38(48)45-23-21-44(22-24-45)27-31-9-5-2-6-10-31/h1-20,25,36,43H,21-24,26-28H2/b18-14+/t36-/m0/s1. The highest BCUT2D eigenvalue weighted by molar-refractivity contribution is 5.96. The molecule has 2 heterocycles. The van der Waals surface area contributed by atoms with Crippen molar-refractivity contribution in [3.05, 3.63) is 149 Å². The van der Waals surface area contributed by atoms with Gasteiger partial charge in [0.1, 0.15) is 6.04 Å². The Hall–Kier alpha value is -5.15. The van der Waals surface area contributed by atoms with E-state index in [2.05, 4.69) is 22.0 Å². The number of benzene rings is 4. The van der Waals surface area contributed by atoms with Crippen LogP contribution in [0.1, 0.15) is 27.8 Å². The highest BCUT2D eigenvalue weighted by Gasteiger charge is 2.34. The van der Waals surface area contributed by atoms with Crippen molar-refractivity contribution >= 4 is 28.8 Å². The first-order valence-electron chi connectivity index (χ1n) is 16.0. The van der Waals surface area contributed by atoms with Gasteiger partial charge in [0.25, 0.3) is 0 Å². The van der Waals surface area contributed by atoms with Gasteiger partial charge >= 0.3 is 6.18 Å². The topological polar surface area (TPSA) is 59.7 Å². The van der Waals surface area contributed by atoms with Crippen LogP contribution in [0.25, 0.3) is 17.0 Å². The minimum Gasteiger partial charge on any atom is -0.361 e. The van der Waals surface area contributed by atoms with Gasteiger partial charge in [-0.25, -0.2) is 0 Å². The van der Waals surface area contributed by atoms with E-state index < -0.39 is 23.7 Å². The van der Waals surface area contributed by atoms with E-state index in [1.54, 1.807) is 4.90 Å². The Labute approximate surface area is 278 Å². The molecule has 1 aliphatic rings. The Morgan fingerprint density at radius 3 is 2.12 bits per heavy atom. The summed E-state index contributed by atoms with van der Waals surface area (Å²) in [7, 11) is 0.